The molecule has 0 rings (SSSR count). The molecule has 0 spiro atoms. The fourth-order valence-electron chi connectivity index (χ4n) is 9.96. The number of hydrogen-bond donors (Lipinski definition) is 0. The molecule has 0 N–H and O–H groups in total. The molecule has 458 valence electrons. The number of allylic oxidation sites excluding steroid dienone is 6. The van der Waals surface area contributed by atoms with E-state index in [9.17, 15) is 19.5 Å². The van der Waals surface area contributed by atoms with Gasteiger partial charge in [0.05, 0.1) is 40.3 Å². The van der Waals surface area contributed by atoms with Crippen LogP contribution in [0.5, 0.6) is 0 Å². The maximum absolute atomic E-state index is 12.9. The smallest absolute Gasteiger partial charge is 0.306 e. The van der Waals surface area contributed by atoms with Crippen LogP contribution in [-0.4, -0.2) is 82.3 Å². The molecule has 0 radical (unpaired) electrons. The Kier molecular flexibility index (Phi) is 58.7. The van der Waals surface area contributed by atoms with Crippen molar-refractivity contribution < 1.29 is 42.9 Å². The SMILES string of the molecule is CCCCCCC/C=C\C/C=C\C/C=C\CCCCCCCCCCCCCCCCCCC(=O)OC(COC(=O)CCCCCCCCCCCCCCCCCCCCCCCC)COC(OCC[N+](C)(C)C)C(=O)[O-]. The highest BCUT2D eigenvalue weighted by Crippen LogP contribution is 2.18. The van der Waals surface area contributed by atoms with E-state index in [1.165, 1.54) is 250 Å². The van der Waals surface area contributed by atoms with Gasteiger partial charge in [-0.25, -0.2) is 0 Å². The van der Waals surface area contributed by atoms with Gasteiger partial charge in [-0.3, -0.25) is 9.59 Å². The maximum Gasteiger partial charge on any atom is 0.306 e. The molecular formula is C69H129NO8. The Balaban J connectivity index is 4.10. The number of carbonyl (C=O) groups is 3. The van der Waals surface area contributed by atoms with Crippen LogP contribution >= 0.6 is 0 Å². The van der Waals surface area contributed by atoms with Crippen molar-refractivity contribution in [3.8, 4) is 0 Å². The van der Waals surface area contributed by atoms with Crippen LogP contribution in [0.15, 0.2) is 36.5 Å². The molecule has 0 aliphatic carbocycles. The molecule has 2 atom stereocenters. The van der Waals surface area contributed by atoms with E-state index in [1.807, 2.05) is 21.1 Å². The molecule has 0 bridgehead atoms. The van der Waals surface area contributed by atoms with Crippen LogP contribution in [0.25, 0.3) is 0 Å². The van der Waals surface area contributed by atoms with Gasteiger partial charge in [-0.15, -0.1) is 0 Å². The maximum atomic E-state index is 12.9. The molecule has 78 heavy (non-hydrogen) atoms. The number of carboxylic acids is 1. The molecule has 0 aromatic rings. The Morgan fingerprint density at radius 3 is 1.03 bits per heavy atom. The van der Waals surface area contributed by atoms with Crippen LogP contribution in [-0.2, 0) is 33.3 Å². The first-order chi connectivity index (χ1) is 38.1. The van der Waals surface area contributed by atoms with Crippen molar-refractivity contribution in [1.29, 1.82) is 0 Å². The highest BCUT2D eigenvalue weighted by atomic mass is 16.7. The monoisotopic (exact) mass is 1100 g/mol. The van der Waals surface area contributed by atoms with Crippen molar-refractivity contribution in [2.24, 2.45) is 0 Å². The quantitative estimate of drug-likeness (QED) is 0.0195. The summed E-state index contributed by atoms with van der Waals surface area (Å²) in [5.74, 6) is -2.26. The minimum atomic E-state index is -1.62. The highest BCUT2D eigenvalue weighted by molar-refractivity contribution is 5.70. The standard InChI is InChI=1S/C69H129NO8/c1-6-8-10-12-14-16-18-20-22-24-26-28-30-31-32-33-34-35-36-37-38-40-42-44-46-48-50-52-54-56-58-60-67(72)78-65(64-77-69(68(73)74)75-62-61-70(3,4)5)63-76-66(71)59-57-55-53-51-49-47-45-43-41-39-29-27-25-23-21-19-17-15-13-11-9-7-2/h18,20,24,26,30-31,65,69H,6-17,19,21-23,25,27-29,32-64H2,1-5H3/b20-18-,26-24-,31-30-. The lowest BCUT2D eigenvalue weighted by Gasteiger charge is -2.26. The van der Waals surface area contributed by atoms with Crippen LogP contribution in [0.4, 0.5) is 0 Å². The molecule has 9 heteroatoms. The Labute approximate surface area is 483 Å². The summed E-state index contributed by atoms with van der Waals surface area (Å²) in [5.41, 5.74) is 0. The van der Waals surface area contributed by atoms with Gasteiger partial charge in [0.25, 0.3) is 0 Å². The highest BCUT2D eigenvalue weighted by Gasteiger charge is 2.22. The van der Waals surface area contributed by atoms with Crippen LogP contribution in [0.2, 0.25) is 0 Å². The van der Waals surface area contributed by atoms with Crippen molar-refractivity contribution in [2.45, 2.75) is 341 Å². The molecular weight excluding hydrogens is 971 g/mol. The molecule has 0 aromatic heterocycles. The number of esters is 2. The van der Waals surface area contributed by atoms with Crippen molar-refractivity contribution in [3.63, 3.8) is 0 Å². The summed E-state index contributed by atoms with van der Waals surface area (Å²) >= 11 is 0. The van der Waals surface area contributed by atoms with Gasteiger partial charge in [-0.1, -0.05) is 301 Å². The lowest BCUT2D eigenvalue weighted by molar-refractivity contribution is -0.870. The largest absolute Gasteiger partial charge is 0.545 e. The zero-order valence-electron chi connectivity index (χ0n) is 52.3. The second-order valence-electron chi connectivity index (χ2n) is 24.1. The summed E-state index contributed by atoms with van der Waals surface area (Å²) in [5, 5.41) is 11.8. The van der Waals surface area contributed by atoms with Crippen LogP contribution in [0, 0.1) is 0 Å². The third-order valence-corrected chi connectivity index (χ3v) is 15.1. The zero-order valence-corrected chi connectivity index (χ0v) is 52.3. The summed E-state index contributed by atoms with van der Waals surface area (Å²) in [6, 6.07) is 0. The molecule has 0 aliphatic heterocycles. The zero-order chi connectivity index (χ0) is 56.9. The molecule has 0 aromatic carbocycles. The number of quaternary nitrogens is 1. The van der Waals surface area contributed by atoms with E-state index in [2.05, 4.69) is 50.3 Å². The summed E-state index contributed by atoms with van der Waals surface area (Å²) in [6.07, 6.45) is 72.2. The van der Waals surface area contributed by atoms with Gasteiger partial charge in [0.1, 0.15) is 13.2 Å². The van der Waals surface area contributed by atoms with Gasteiger partial charge in [0.15, 0.2) is 12.4 Å². The molecule has 2 unspecified atom stereocenters. The van der Waals surface area contributed by atoms with Crippen molar-refractivity contribution >= 4 is 17.9 Å². The van der Waals surface area contributed by atoms with E-state index in [0.29, 0.717) is 23.9 Å². The normalized spacial score (nSPS) is 12.9. The van der Waals surface area contributed by atoms with Gasteiger partial charge >= 0.3 is 11.9 Å². The van der Waals surface area contributed by atoms with E-state index < -0.39 is 24.3 Å². The van der Waals surface area contributed by atoms with Gasteiger partial charge in [0, 0.05) is 12.8 Å². The lowest BCUT2D eigenvalue weighted by atomic mass is 10.0. The van der Waals surface area contributed by atoms with E-state index in [4.69, 9.17) is 18.9 Å². The van der Waals surface area contributed by atoms with Gasteiger partial charge < -0.3 is 33.3 Å². The number of carboxylic acid groups (broad SMARTS) is 1. The van der Waals surface area contributed by atoms with Crippen LogP contribution < -0.4 is 5.11 Å². The third kappa shape index (κ3) is 61.1. The van der Waals surface area contributed by atoms with Gasteiger partial charge in [-0.05, 0) is 51.4 Å². The van der Waals surface area contributed by atoms with Crippen molar-refractivity contribution in [1.82, 2.24) is 0 Å². The number of hydrogen-bond acceptors (Lipinski definition) is 8. The summed E-state index contributed by atoms with van der Waals surface area (Å²) in [6.45, 7) is 4.80. The number of unbranched alkanes of at least 4 members (excludes halogenated alkanes) is 42. The number of nitrogens with zero attached hydrogens (tertiary/aromatic N) is 1. The first-order valence-electron chi connectivity index (χ1n) is 33.6. The number of aliphatic carboxylic acids is 1. The molecule has 0 fully saturated rings. The van der Waals surface area contributed by atoms with Crippen LogP contribution in [0.3, 0.4) is 0 Å². The number of likely N-dealkylation sites (N-methyl/N-ethyl adjacent to an activating group) is 1. The van der Waals surface area contributed by atoms with E-state index in [0.717, 1.165) is 44.9 Å². The number of carbonyl (C=O) groups excluding carboxylic acids is 3. The molecule has 0 aliphatic rings. The Morgan fingerprint density at radius 1 is 0.385 bits per heavy atom. The summed E-state index contributed by atoms with van der Waals surface area (Å²) < 4.78 is 22.8. The first-order valence-corrected chi connectivity index (χ1v) is 33.6. The van der Waals surface area contributed by atoms with Gasteiger partial charge in [-0.2, -0.15) is 0 Å². The second-order valence-corrected chi connectivity index (χ2v) is 24.1. The van der Waals surface area contributed by atoms with Crippen LogP contribution in [0.1, 0.15) is 328 Å². The Hall–Kier alpha value is -2.49. The van der Waals surface area contributed by atoms with Gasteiger partial charge in [0.2, 0.25) is 0 Å². The molecule has 0 heterocycles. The predicted octanol–water partition coefficient (Wildman–Crippen LogP) is 19.1. The average molecular weight is 1100 g/mol. The lowest BCUT2D eigenvalue weighted by Crippen LogP contribution is -2.44. The molecule has 0 amide bonds. The fourth-order valence-corrected chi connectivity index (χ4v) is 9.96. The first kappa shape index (κ1) is 75.5. The van der Waals surface area contributed by atoms with E-state index in [-0.39, 0.29) is 32.2 Å². The van der Waals surface area contributed by atoms with E-state index >= 15 is 0 Å². The number of ether oxygens (including phenoxy) is 4. The minimum Gasteiger partial charge on any atom is -0.545 e. The molecule has 0 saturated carbocycles. The van der Waals surface area contributed by atoms with Crippen molar-refractivity contribution in [3.05, 3.63) is 36.5 Å². The minimum absolute atomic E-state index is 0.150. The number of rotatable bonds is 63. The average Bonchev–Trinajstić information content (AvgIpc) is 3.41. The third-order valence-electron chi connectivity index (χ3n) is 15.1. The predicted molar refractivity (Wildman–Crippen MR) is 329 cm³/mol. The Bertz CT molecular complexity index is 1370. The fraction of sp³-hybridized carbons (Fsp3) is 0.870. The molecule has 0 saturated heterocycles. The topological polar surface area (TPSA) is 111 Å². The second kappa shape index (κ2) is 60.6. The molecule has 9 nitrogen and oxygen atoms in total. The summed E-state index contributed by atoms with van der Waals surface area (Å²) in [4.78, 5) is 37.4. The van der Waals surface area contributed by atoms with Crippen molar-refractivity contribution in [2.75, 3.05) is 47.5 Å². The Morgan fingerprint density at radius 2 is 0.692 bits per heavy atom. The van der Waals surface area contributed by atoms with E-state index in [1.54, 1.807) is 0 Å². The summed E-state index contributed by atoms with van der Waals surface area (Å²) in [7, 11) is 5.94.